The van der Waals surface area contributed by atoms with Gasteiger partial charge in [-0.25, -0.2) is 0 Å². The number of benzene rings is 1. The fourth-order valence-electron chi connectivity index (χ4n) is 1.44. The Morgan fingerprint density at radius 2 is 1.95 bits per heavy atom. The average Bonchev–Trinajstić information content (AvgIpc) is 2.36. The van der Waals surface area contributed by atoms with Gasteiger partial charge in [-0.3, -0.25) is 0 Å². The Bertz CT molecular complexity index is 518. The summed E-state index contributed by atoms with van der Waals surface area (Å²) in [6, 6.07) is 5.61. The topological polar surface area (TPSA) is 67.2 Å². The van der Waals surface area contributed by atoms with E-state index >= 15 is 0 Å². The highest BCUT2D eigenvalue weighted by Crippen LogP contribution is 2.38. The van der Waals surface area contributed by atoms with E-state index in [1.807, 2.05) is 18.2 Å². The molecule has 0 aromatic heterocycles. The lowest BCUT2D eigenvalue weighted by Crippen LogP contribution is -2.44. The van der Waals surface area contributed by atoms with Crippen LogP contribution in [0.15, 0.2) is 23.3 Å². The molecule has 1 aromatic rings. The Hall–Kier alpha value is -1.65. The summed E-state index contributed by atoms with van der Waals surface area (Å²) in [4.78, 5) is 2.81. The van der Waals surface area contributed by atoms with Crippen molar-refractivity contribution in [1.29, 1.82) is 0 Å². The molecule has 0 unspecified atom stereocenters. The molecule has 0 aliphatic rings. The Labute approximate surface area is 121 Å². The minimum absolute atomic E-state index is 0.114. The van der Waals surface area contributed by atoms with E-state index in [0.29, 0.717) is 0 Å². The lowest BCUT2D eigenvalue weighted by molar-refractivity contribution is 0.412. The molecule has 0 heterocycles. The van der Waals surface area contributed by atoms with Crippen molar-refractivity contribution in [3.63, 3.8) is 0 Å². The van der Waals surface area contributed by atoms with Crippen LogP contribution in [0.25, 0.3) is 10.4 Å². The van der Waals surface area contributed by atoms with Gasteiger partial charge in [0.1, 0.15) is 11.5 Å². The van der Waals surface area contributed by atoms with Crippen molar-refractivity contribution in [1.82, 2.24) is 0 Å². The van der Waals surface area contributed by atoms with Crippen LogP contribution in [0.2, 0.25) is 18.1 Å². The molecule has 0 bridgehead atoms. The van der Waals surface area contributed by atoms with Crippen LogP contribution in [0.5, 0.6) is 11.5 Å². The van der Waals surface area contributed by atoms with Crippen LogP contribution in [0, 0.1) is 0 Å². The molecule has 0 aliphatic heterocycles. The summed E-state index contributed by atoms with van der Waals surface area (Å²) in [6.45, 7) is 11.2. The number of rotatable bonds is 5. The van der Waals surface area contributed by atoms with Gasteiger partial charge in [0.25, 0.3) is 0 Å². The van der Waals surface area contributed by atoms with Crippen molar-refractivity contribution in [2.24, 2.45) is 5.11 Å². The number of hydrogen-bond acceptors (Lipinski definition) is 3. The van der Waals surface area contributed by atoms with Gasteiger partial charge in [0, 0.05) is 10.5 Å². The Kier molecular flexibility index (Phi) is 5.08. The van der Waals surface area contributed by atoms with Crippen LogP contribution in [-0.2, 0) is 6.54 Å². The monoisotopic (exact) mass is 293 g/mol. The summed E-state index contributed by atoms with van der Waals surface area (Å²) >= 11 is 0. The second-order valence-corrected chi connectivity index (χ2v) is 10.9. The van der Waals surface area contributed by atoms with Crippen molar-refractivity contribution in [2.45, 2.75) is 45.4 Å². The van der Waals surface area contributed by atoms with Gasteiger partial charge in [-0.05, 0) is 41.9 Å². The number of azide groups is 1. The average molecular weight is 293 g/mol. The number of methoxy groups -OCH3 is 1. The summed E-state index contributed by atoms with van der Waals surface area (Å²) in [6.07, 6.45) is 0. The molecule has 0 spiro atoms. The van der Waals surface area contributed by atoms with Gasteiger partial charge >= 0.3 is 0 Å². The van der Waals surface area contributed by atoms with Crippen molar-refractivity contribution in [3.8, 4) is 11.5 Å². The molecule has 0 fully saturated rings. The normalized spacial score (nSPS) is 11.7. The zero-order valence-corrected chi connectivity index (χ0v) is 14.1. The minimum atomic E-state index is -1.92. The van der Waals surface area contributed by atoms with Gasteiger partial charge in [-0.1, -0.05) is 25.9 Å². The van der Waals surface area contributed by atoms with Gasteiger partial charge in [0.15, 0.2) is 0 Å². The van der Waals surface area contributed by atoms with E-state index in [-0.39, 0.29) is 11.6 Å². The first kappa shape index (κ1) is 16.4. The third-order valence-electron chi connectivity index (χ3n) is 3.74. The van der Waals surface area contributed by atoms with Crippen LogP contribution in [0.4, 0.5) is 0 Å². The number of hydrogen-bond donors (Lipinski definition) is 0. The van der Waals surface area contributed by atoms with E-state index in [4.69, 9.17) is 14.7 Å². The van der Waals surface area contributed by atoms with E-state index in [0.717, 1.165) is 17.1 Å². The van der Waals surface area contributed by atoms with Crippen LogP contribution in [-0.4, -0.2) is 15.4 Å². The molecule has 5 nitrogen and oxygen atoms in total. The predicted octanol–water partition coefficient (Wildman–Crippen LogP) is 4.89. The lowest BCUT2D eigenvalue weighted by atomic mass is 10.2. The zero-order chi connectivity index (χ0) is 15.4. The first-order chi connectivity index (χ1) is 9.21. The van der Waals surface area contributed by atoms with Crippen LogP contribution < -0.4 is 9.16 Å². The Morgan fingerprint density at radius 3 is 2.45 bits per heavy atom. The second-order valence-electron chi connectivity index (χ2n) is 6.23. The van der Waals surface area contributed by atoms with Crippen LogP contribution in [0.3, 0.4) is 0 Å². The van der Waals surface area contributed by atoms with Gasteiger partial charge < -0.3 is 9.16 Å². The maximum absolute atomic E-state index is 8.50. The summed E-state index contributed by atoms with van der Waals surface area (Å²) in [5.74, 6) is 1.51. The second kappa shape index (κ2) is 6.20. The Morgan fingerprint density at radius 1 is 1.30 bits per heavy atom. The molecule has 0 N–H and O–H groups in total. The SMILES string of the molecule is COc1ccc(O[Si](C)(C)C(C)(C)C)c(CN=[N+]=[N-])c1. The molecule has 0 atom stereocenters. The van der Waals surface area contributed by atoms with Gasteiger partial charge in [0.2, 0.25) is 8.32 Å². The minimum Gasteiger partial charge on any atom is -0.543 e. The first-order valence-electron chi connectivity index (χ1n) is 6.58. The molecule has 0 amide bonds. The third kappa shape index (κ3) is 3.92. The molecule has 0 aliphatic carbocycles. The smallest absolute Gasteiger partial charge is 0.250 e. The molecule has 1 aromatic carbocycles. The fraction of sp³-hybridized carbons (Fsp3) is 0.571. The Balaban J connectivity index is 3.13. The summed E-state index contributed by atoms with van der Waals surface area (Å²) < 4.78 is 11.5. The highest BCUT2D eigenvalue weighted by atomic mass is 28.4. The lowest BCUT2D eigenvalue weighted by Gasteiger charge is -2.37. The standard InChI is InChI=1S/C14H23N3O2Si/c1-14(2,3)20(5,6)19-13-8-7-12(18-4)9-11(13)10-16-17-15/h7-9H,10H2,1-6H3. The summed E-state index contributed by atoms with van der Waals surface area (Å²) in [5.41, 5.74) is 9.36. The van der Waals surface area contributed by atoms with Crippen molar-refractivity contribution in [2.75, 3.05) is 7.11 Å². The molecule has 20 heavy (non-hydrogen) atoms. The maximum atomic E-state index is 8.50. The molecule has 1 rings (SSSR count). The van der Waals surface area contributed by atoms with Gasteiger partial charge in [0.05, 0.1) is 13.7 Å². The molecule has 0 radical (unpaired) electrons. The van der Waals surface area contributed by atoms with Gasteiger partial charge in [-0.2, -0.15) is 0 Å². The molecular formula is C14H23N3O2Si. The highest BCUT2D eigenvalue weighted by molar-refractivity contribution is 6.74. The van der Waals surface area contributed by atoms with E-state index in [2.05, 4.69) is 43.9 Å². The largest absolute Gasteiger partial charge is 0.543 e. The van der Waals surface area contributed by atoms with Crippen LogP contribution >= 0.6 is 0 Å². The third-order valence-corrected chi connectivity index (χ3v) is 8.09. The van der Waals surface area contributed by atoms with E-state index in [9.17, 15) is 0 Å². The molecule has 0 saturated heterocycles. The van der Waals surface area contributed by atoms with Crippen LogP contribution in [0.1, 0.15) is 26.3 Å². The number of nitrogens with zero attached hydrogens (tertiary/aromatic N) is 3. The quantitative estimate of drug-likeness (QED) is 0.336. The van der Waals surface area contributed by atoms with Crippen molar-refractivity contribution < 1.29 is 9.16 Å². The van der Waals surface area contributed by atoms with Crippen molar-refractivity contribution >= 4 is 8.32 Å². The van der Waals surface area contributed by atoms with Gasteiger partial charge in [-0.15, -0.1) is 0 Å². The maximum Gasteiger partial charge on any atom is 0.250 e. The molecule has 0 saturated carbocycles. The predicted molar refractivity (Wildman–Crippen MR) is 83.7 cm³/mol. The number of ether oxygens (including phenoxy) is 1. The van der Waals surface area contributed by atoms with E-state index < -0.39 is 8.32 Å². The molecule has 6 heteroatoms. The summed E-state index contributed by atoms with van der Waals surface area (Å²) in [7, 11) is -0.307. The van der Waals surface area contributed by atoms with E-state index in [1.54, 1.807) is 7.11 Å². The first-order valence-corrected chi connectivity index (χ1v) is 9.49. The molecular weight excluding hydrogens is 270 g/mol. The summed E-state index contributed by atoms with van der Waals surface area (Å²) in [5, 5.41) is 3.74. The highest BCUT2D eigenvalue weighted by Gasteiger charge is 2.39. The van der Waals surface area contributed by atoms with Crippen molar-refractivity contribution in [3.05, 3.63) is 34.2 Å². The zero-order valence-electron chi connectivity index (χ0n) is 13.1. The molecule has 110 valence electrons. The fourth-order valence-corrected chi connectivity index (χ4v) is 2.50. The van der Waals surface area contributed by atoms with E-state index in [1.165, 1.54) is 0 Å².